The second-order valence-corrected chi connectivity index (χ2v) is 6.66. The Balaban J connectivity index is 1.61. The van der Waals surface area contributed by atoms with Crippen molar-refractivity contribution in [2.75, 3.05) is 39.3 Å². The summed E-state index contributed by atoms with van der Waals surface area (Å²) in [6, 6.07) is 9.56. The van der Waals surface area contributed by atoms with Crippen molar-refractivity contribution in [2.24, 2.45) is 5.92 Å². The molecule has 1 aromatic carbocycles. The highest BCUT2D eigenvalue weighted by Gasteiger charge is 2.37. The number of nitrogens with one attached hydrogen (secondary N) is 1. The van der Waals surface area contributed by atoms with E-state index in [2.05, 4.69) is 10.2 Å². The quantitative estimate of drug-likeness (QED) is 0.846. The first-order valence-corrected chi connectivity index (χ1v) is 8.76. The molecule has 25 heavy (non-hydrogen) atoms. The van der Waals surface area contributed by atoms with Gasteiger partial charge in [0.15, 0.2) is 0 Å². The van der Waals surface area contributed by atoms with Gasteiger partial charge in [-0.15, -0.1) is 0 Å². The summed E-state index contributed by atoms with van der Waals surface area (Å²) in [5, 5.41) is 12.7. The second-order valence-electron chi connectivity index (χ2n) is 6.66. The highest BCUT2D eigenvalue weighted by Crippen LogP contribution is 2.22. The van der Waals surface area contributed by atoms with Crippen LogP contribution in [0.3, 0.4) is 0 Å². The summed E-state index contributed by atoms with van der Waals surface area (Å²) in [5.41, 5.74) is 0.918. The molecule has 1 amide bonds. The van der Waals surface area contributed by atoms with Gasteiger partial charge in [0.25, 0.3) is 0 Å². The first-order valence-electron chi connectivity index (χ1n) is 8.76. The number of amides is 1. The molecule has 0 bridgehead atoms. The van der Waals surface area contributed by atoms with Crippen LogP contribution in [0.4, 0.5) is 4.79 Å². The molecule has 7 heteroatoms. The van der Waals surface area contributed by atoms with Gasteiger partial charge < -0.3 is 20.1 Å². The molecule has 0 aliphatic carbocycles. The van der Waals surface area contributed by atoms with Gasteiger partial charge in [-0.3, -0.25) is 9.69 Å². The Labute approximate surface area is 147 Å². The average molecular weight is 347 g/mol. The van der Waals surface area contributed by atoms with Crippen molar-refractivity contribution in [3.63, 3.8) is 0 Å². The Morgan fingerprint density at radius 3 is 2.56 bits per heavy atom. The van der Waals surface area contributed by atoms with E-state index in [1.807, 2.05) is 30.3 Å². The fraction of sp³-hybridized carbons (Fsp3) is 0.556. The summed E-state index contributed by atoms with van der Waals surface area (Å²) in [4.78, 5) is 27.8. The monoisotopic (exact) mass is 347 g/mol. The van der Waals surface area contributed by atoms with Crippen molar-refractivity contribution in [1.29, 1.82) is 0 Å². The fourth-order valence-electron chi connectivity index (χ4n) is 3.52. The number of carboxylic acid groups (broad SMARTS) is 1. The molecule has 2 atom stereocenters. The first kappa shape index (κ1) is 17.7. The summed E-state index contributed by atoms with van der Waals surface area (Å²) in [7, 11) is 0. The number of nitrogens with zero attached hydrogens (tertiary/aromatic N) is 2. The van der Waals surface area contributed by atoms with E-state index in [1.165, 1.54) is 0 Å². The number of aliphatic carboxylic acids is 1. The van der Waals surface area contributed by atoms with Crippen molar-refractivity contribution >= 4 is 12.1 Å². The van der Waals surface area contributed by atoms with Crippen LogP contribution in [0.15, 0.2) is 30.3 Å². The summed E-state index contributed by atoms with van der Waals surface area (Å²) < 4.78 is 5.39. The molecule has 1 aromatic rings. The summed E-state index contributed by atoms with van der Waals surface area (Å²) in [6.07, 6.45) is 0.146. The number of rotatable bonds is 4. The maximum absolute atomic E-state index is 12.4. The number of likely N-dealkylation sites (tertiary alicyclic amines) is 1. The normalized spacial score (nSPS) is 24.7. The van der Waals surface area contributed by atoms with Gasteiger partial charge in [-0.25, -0.2) is 4.79 Å². The third-order valence-electron chi connectivity index (χ3n) is 4.91. The van der Waals surface area contributed by atoms with Crippen molar-refractivity contribution < 1.29 is 19.4 Å². The number of hydrogen-bond acceptors (Lipinski definition) is 5. The molecule has 136 valence electrons. The van der Waals surface area contributed by atoms with Crippen LogP contribution in [0.1, 0.15) is 12.0 Å². The van der Waals surface area contributed by atoms with E-state index < -0.39 is 18.0 Å². The predicted octanol–water partition coefficient (Wildman–Crippen LogP) is 1.00. The Morgan fingerprint density at radius 2 is 1.88 bits per heavy atom. The average Bonchev–Trinajstić information content (AvgIpc) is 2.67. The number of piperidine rings is 1. The molecule has 2 aliphatic rings. The van der Waals surface area contributed by atoms with Gasteiger partial charge in [0, 0.05) is 45.3 Å². The molecule has 3 rings (SSSR count). The number of benzene rings is 1. The highest BCUT2D eigenvalue weighted by atomic mass is 16.6. The van der Waals surface area contributed by atoms with Crippen molar-refractivity contribution in [3.05, 3.63) is 35.9 Å². The Morgan fingerprint density at radius 1 is 1.16 bits per heavy atom. The largest absolute Gasteiger partial charge is 0.481 e. The lowest BCUT2D eigenvalue weighted by Crippen LogP contribution is -2.57. The summed E-state index contributed by atoms with van der Waals surface area (Å²) >= 11 is 0. The van der Waals surface area contributed by atoms with Gasteiger partial charge in [-0.1, -0.05) is 30.3 Å². The first-order chi connectivity index (χ1) is 12.1. The van der Waals surface area contributed by atoms with Crippen molar-refractivity contribution in [2.45, 2.75) is 19.1 Å². The smallest absolute Gasteiger partial charge is 0.410 e. The van der Waals surface area contributed by atoms with Gasteiger partial charge in [0.1, 0.15) is 6.61 Å². The molecule has 7 nitrogen and oxygen atoms in total. The van der Waals surface area contributed by atoms with E-state index in [9.17, 15) is 14.7 Å². The third-order valence-corrected chi connectivity index (χ3v) is 4.91. The Kier molecular flexibility index (Phi) is 5.88. The minimum Gasteiger partial charge on any atom is -0.481 e. The number of carbonyl (C=O) groups is 2. The number of hydrogen-bond donors (Lipinski definition) is 2. The Hall–Kier alpha value is -2.12. The van der Waals surface area contributed by atoms with E-state index >= 15 is 0 Å². The lowest BCUT2D eigenvalue weighted by atomic mass is 9.93. The van der Waals surface area contributed by atoms with Gasteiger partial charge >= 0.3 is 12.1 Å². The standard InChI is InChI=1S/C18H25N3O4/c22-17(23)15-10-16(20-8-6-19-7-9-20)12-21(11-15)18(24)25-13-14-4-2-1-3-5-14/h1-5,15-16,19H,6-13H2,(H,22,23)/t15-,16+/m0/s1. The zero-order valence-electron chi connectivity index (χ0n) is 14.3. The van der Waals surface area contributed by atoms with E-state index in [4.69, 9.17) is 4.74 Å². The maximum Gasteiger partial charge on any atom is 0.410 e. The topological polar surface area (TPSA) is 82.1 Å². The molecule has 2 saturated heterocycles. The van der Waals surface area contributed by atoms with Crippen LogP contribution in [0.2, 0.25) is 0 Å². The van der Waals surface area contributed by atoms with Crippen LogP contribution >= 0.6 is 0 Å². The van der Waals surface area contributed by atoms with Crippen LogP contribution in [0.5, 0.6) is 0 Å². The van der Waals surface area contributed by atoms with Gasteiger partial charge in [0.05, 0.1) is 5.92 Å². The molecule has 2 N–H and O–H groups in total. The van der Waals surface area contributed by atoms with Crippen LogP contribution in [0, 0.1) is 5.92 Å². The van der Waals surface area contributed by atoms with E-state index in [0.29, 0.717) is 13.0 Å². The van der Waals surface area contributed by atoms with Crippen molar-refractivity contribution in [3.8, 4) is 0 Å². The fourth-order valence-corrected chi connectivity index (χ4v) is 3.52. The van der Waals surface area contributed by atoms with Crippen LogP contribution < -0.4 is 5.32 Å². The Bertz CT molecular complexity index is 589. The minimum atomic E-state index is -0.847. The second kappa shape index (κ2) is 8.31. The minimum absolute atomic E-state index is 0.0706. The van der Waals surface area contributed by atoms with Gasteiger partial charge in [-0.05, 0) is 12.0 Å². The zero-order chi connectivity index (χ0) is 17.6. The van der Waals surface area contributed by atoms with Gasteiger partial charge in [0.2, 0.25) is 0 Å². The predicted molar refractivity (Wildman–Crippen MR) is 92.2 cm³/mol. The number of carboxylic acids is 1. The number of carbonyl (C=O) groups excluding carboxylic acids is 1. The maximum atomic E-state index is 12.4. The summed E-state index contributed by atoms with van der Waals surface area (Å²) in [5.74, 6) is -1.39. The van der Waals surface area contributed by atoms with Gasteiger partial charge in [-0.2, -0.15) is 0 Å². The molecule has 0 saturated carbocycles. The van der Waals surface area contributed by atoms with Crippen molar-refractivity contribution in [1.82, 2.24) is 15.1 Å². The number of piperazine rings is 1. The molecule has 0 spiro atoms. The third kappa shape index (κ3) is 4.70. The van der Waals surface area contributed by atoms with Crippen LogP contribution in [0.25, 0.3) is 0 Å². The lowest BCUT2D eigenvalue weighted by molar-refractivity contribution is -0.144. The van der Waals surface area contributed by atoms with Crippen LogP contribution in [-0.4, -0.2) is 72.3 Å². The molecule has 0 radical (unpaired) electrons. The molecule has 0 aromatic heterocycles. The molecule has 2 heterocycles. The van der Waals surface area contributed by atoms with Crippen LogP contribution in [-0.2, 0) is 16.1 Å². The number of ether oxygens (including phenoxy) is 1. The van der Waals surface area contributed by atoms with E-state index in [1.54, 1.807) is 4.90 Å². The van der Waals surface area contributed by atoms with E-state index in [-0.39, 0.29) is 19.2 Å². The highest BCUT2D eigenvalue weighted by molar-refractivity contribution is 5.73. The zero-order valence-corrected chi connectivity index (χ0v) is 14.3. The van der Waals surface area contributed by atoms with E-state index in [0.717, 1.165) is 31.7 Å². The SMILES string of the molecule is O=C(O)[C@H]1C[C@@H](N2CCNCC2)CN(C(=O)OCc2ccccc2)C1. The molecular formula is C18H25N3O4. The molecule has 2 fully saturated rings. The summed E-state index contributed by atoms with van der Waals surface area (Å²) in [6.45, 7) is 4.49. The molecule has 2 aliphatic heterocycles. The molecular weight excluding hydrogens is 322 g/mol. The molecule has 0 unspecified atom stereocenters. The lowest BCUT2D eigenvalue weighted by Gasteiger charge is -2.42.